The highest BCUT2D eigenvalue weighted by molar-refractivity contribution is 8.00. The van der Waals surface area contributed by atoms with Gasteiger partial charge >= 0.3 is 0 Å². The maximum atomic E-state index is 12.2. The first-order chi connectivity index (χ1) is 15.0. The van der Waals surface area contributed by atoms with Gasteiger partial charge in [-0.1, -0.05) is 49.0 Å². The summed E-state index contributed by atoms with van der Waals surface area (Å²) in [7, 11) is 1.81. The molecule has 8 nitrogen and oxygen atoms in total. The number of carbonyl (C=O) groups is 1. The number of nitrogens with zero attached hydrogens (tertiary/aromatic N) is 5. The van der Waals surface area contributed by atoms with Crippen molar-refractivity contribution in [2.45, 2.75) is 30.2 Å². The zero-order valence-electron chi connectivity index (χ0n) is 17.2. The second-order valence-electron chi connectivity index (χ2n) is 6.79. The molecule has 9 heteroatoms. The molecule has 31 heavy (non-hydrogen) atoms. The monoisotopic (exact) mass is 431 g/mol. The fourth-order valence-electron chi connectivity index (χ4n) is 3.28. The number of aromatic amines is 1. The van der Waals surface area contributed by atoms with Gasteiger partial charge in [0.1, 0.15) is 28.2 Å². The van der Waals surface area contributed by atoms with Gasteiger partial charge in [0, 0.05) is 13.2 Å². The Kier molecular flexibility index (Phi) is 6.91. The van der Waals surface area contributed by atoms with Crippen LogP contribution in [0.5, 0.6) is 0 Å². The van der Waals surface area contributed by atoms with Crippen LogP contribution in [-0.4, -0.2) is 27.9 Å². The Morgan fingerprint density at radius 2 is 1.97 bits per heavy atom. The van der Waals surface area contributed by atoms with Crippen LogP contribution in [0.2, 0.25) is 0 Å². The molecule has 3 aromatic rings. The van der Waals surface area contributed by atoms with Gasteiger partial charge in [-0.2, -0.15) is 10.5 Å². The molecule has 1 aromatic carbocycles. The summed E-state index contributed by atoms with van der Waals surface area (Å²) in [5.74, 6) is -0.0941. The lowest BCUT2D eigenvalue weighted by molar-refractivity contribution is -0.117. The summed E-state index contributed by atoms with van der Waals surface area (Å²) in [4.78, 5) is 25.7. The smallest absolute Gasteiger partial charge is 0.235 e. The van der Waals surface area contributed by atoms with E-state index in [4.69, 9.17) is 5.73 Å². The fraction of sp³-hybridized carbons (Fsp3) is 0.227. The van der Waals surface area contributed by atoms with E-state index in [9.17, 15) is 15.3 Å². The Hall–Kier alpha value is -3.82. The van der Waals surface area contributed by atoms with E-state index in [2.05, 4.69) is 27.1 Å². The summed E-state index contributed by atoms with van der Waals surface area (Å²) in [6, 6.07) is 13.5. The number of aromatic nitrogens is 3. The number of benzene rings is 1. The van der Waals surface area contributed by atoms with Crippen LogP contribution in [-0.2, 0) is 17.8 Å². The van der Waals surface area contributed by atoms with E-state index in [0.29, 0.717) is 40.5 Å². The van der Waals surface area contributed by atoms with Gasteiger partial charge in [0.05, 0.1) is 29.7 Å². The van der Waals surface area contributed by atoms with Crippen LogP contribution >= 0.6 is 11.8 Å². The fourth-order valence-corrected chi connectivity index (χ4v) is 4.33. The summed E-state index contributed by atoms with van der Waals surface area (Å²) in [5, 5.41) is 19.3. The SMILES string of the molecule is CCc1c(C#N)c(SC(C(N)=O)c2ccccc2)nc(N(C)Cc2cnc[nH]2)c1C#N. The molecular formula is C22H21N7OS. The molecule has 0 aliphatic heterocycles. The maximum absolute atomic E-state index is 12.2. The van der Waals surface area contributed by atoms with Crippen LogP contribution in [0.4, 0.5) is 5.82 Å². The second-order valence-corrected chi connectivity index (χ2v) is 7.88. The number of amides is 1. The molecule has 2 aromatic heterocycles. The van der Waals surface area contributed by atoms with Crippen molar-refractivity contribution in [1.29, 1.82) is 10.5 Å². The summed E-state index contributed by atoms with van der Waals surface area (Å²) in [6.07, 6.45) is 3.75. The Balaban J connectivity index is 2.11. The molecule has 1 unspecified atom stereocenters. The molecule has 2 heterocycles. The topological polar surface area (TPSA) is 135 Å². The summed E-state index contributed by atoms with van der Waals surface area (Å²) < 4.78 is 0. The first-order valence-electron chi connectivity index (χ1n) is 9.56. The van der Waals surface area contributed by atoms with Gasteiger partial charge in [-0.3, -0.25) is 4.79 Å². The third-order valence-electron chi connectivity index (χ3n) is 4.74. The quantitative estimate of drug-likeness (QED) is 0.523. The summed E-state index contributed by atoms with van der Waals surface area (Å²) in [6.45, 7) is 2.33. The van der Waals surface area contributed by atoms with Crippen molar-refractivity contribution in [3.8, 4) is 12.1 Å². The van der Waals surface area contributed by atoms with Crippen molar-refractivity contribution < 1.29 is 4.79 Å². The highest BCUT2D eigenvalue weighted by Gasteiger charge is 2.26. The van der Waals surface area contributed by atoms with E-state index >= 15 is 0 Å². The lowest BCUT2D eigenvalue weighted by atomic mass is 10.0. The molecule has 0 saturated heterocycles. The van der Waals surface area contributed by atoms with Crippen LogP contribution < -0.4 is 10.6 Å². The third-order valence-corrected chi connectivity index (χ3v) is 6.00. The first kappa shape index (κ1) is 21.9. The van der Waals surface area contributed by atoms with Gasteiger partial charge in [0.15, 0.2) is 0 Å². The molecule has 0 aliphatic carbocycles. The van der Waals surface area contributed by atoms with Crippen molar-refractivity contribution in [2.24, 2.45) is 5.73 Å². The molecule has 0 fully saturated rings. The molecular weight excluding hydrogens is 410 g/mol. The second kappa shape index (κ2) is 9.79. The number of anilines is 1. The highest BCUT2D eigenvalue weighted by Crippen LogP contribution is 2.39. The molecule has 1 amide bonds. The van der Waals surface area contributed by atoms with Gasteiger partial charge in [-0.05, 0) is 17.5 Å². The van der Waals surface area contributed by atoms with Gasteiger partial charge < -0.3 is 15.6 Å². The normalized spacial score (nSPS) is 11.4. The van der Waals surface area contributed by atoms with E-state index in [1.807, 2.05) is 49.2 Å². The Labute approximate surface area is 184 Å². The van der Waals surface area contributed by atoms with E-state index in [1.165, 1.54) is 0 Å². The molecule has 156 valence electrons. The van der Waals surface area contributed by atoms with Crippen molar-refractivity contribution in [2.75, 3.05) is 11.9 Å². The van der Waals surface area contributed by atoms with E-state index in [-0.39, 0.29) is 0 Å². The Bertz CT molecular complexity index is 1150. The number of nitrogens with two attached hydrogens (primary N) is 1. The molecule has 1 atom stereocenters. The number of pyridine rings is 1. The number of hydrogen-bond acceptors (Lipinski definition) is 7. The zero-order chi connectivity index (χ0) is 22.4. The Morgan fingerprint density at radius 1 is 1.26 bits per heavy atom. The van der Waals surface area contributed by atoms with E-state index in [0.717, 1.165) is 23.0 Å². The number of hydrogen-bond donors (Lipinski definition) is 2. The molecule has 0 aliphatic rings. The largest absolute Gasteiger partial charge is 0.368 e. The maximum Gasteiger partial charge on any atom is 0.235 e. The van der Waals surface area contributed by atoms with Gasteiger partial charge in [-0.15, -0.1) is 0 Å². The van der Waals surface area contributed by atoms with Crippen LogP contribution in [0.3, 0.4) is 0 Å². The highest BCUT2D eigenvalue weighted by atomic mass is 32.2. The molecule has 0 radical (unpaired) electrons. The number of nitrogens with one attached hydrogen (secondary N) is 1. The first-order valence-corrected chi connectivity index (χ1v) is 10.4. The minimum absolute atomic E-state index is 0.296. The molecule has 3 rings (SSSR count). The van der Waals surface area contributed by atoms with Crippen LogP contribution in [0, 0.1) is 22.7 Å². The van der Waals surface area contributed by atoms with Crippen molar-refractivity contribution in [3.63, 3.8) is 0 Å². The Morgan fingerprint density at radius 3 is 2.52 bits per heavy atom. The number of rotatable bonds is 8. The third kappa shape index (κ3) is 4.68. The minimum atomic E-state index is -0.718. The number of nitriles is 2. The van der Waals surface area contributed by atoms with Gasteiger partial charge in [0.2, 0.25) is 5.91 Å². The number of thioether (sulfide) groups is 1. The molecule has 0 saturated carbocycles. The van der Waals surface area contributed by atoms with E-state index in [1.54, 1.807) is 12.5 Å². The van der Waals surface area contributed by atoms with Crippen molar-refractivity contribution in [3.05, 3.63) is 70.8 Å². The lowest BCUT2D eigenvalue weighted by Gasteiger charge is -2.23. The van der Waals surface area contributed by atoms with Crippen LogP contribution in [0.25, 0.3) is 0 Å². The van der Waals surface area contributed by atoms with Crippen LogP contribution in [0.15, 0.2) is 47.9 Å². The lowest BCUT2D eigenvalue weighted by Crippen LogP contribution is -2.22. The minimum Gasteiger partial charge on any atom is -0.368 e. The van der Waals surface area contributed by atoms with Crippen LogP contribution in [0.1, 0.15) is 40.1 Å². The average molecular weight is 432 g/mol. The summed E-state index contributed by atoms with van der Waals surface area (Å²) in [5.41, 5.74) is 8.50. The zero-order valence-corrected chi connectivity index (χ0v) is 18.0. The predicted molar refractivity (Wildman–Crippen MR) is 118 cm³/mol. The molecule has 0 spiro atoms. The van der Waals surface area contributed by atoms with Gasteiger partial charge in [0.25, 0.3) is 0 Å². The summed E-state index contributed by atoms with van der Waals surface area (Å²) >= 11 is 1.12. The number of primary amides is 1. The van der Waals surface area contributed by atoms with Gasteiger partial charge in [-0.25, -0.2) is 9.97 Å². The van der Waals surface area contributed by atoms with Crippen molar-refractivity contribution >= 4 is 23.5 Å². The van der Waals surface area contributed by atoms with E-state index < -0.39 is 11.2 Å². The molecule has 3 N–H and O–H groups in total. The predicted octanol–water partition coefficient (Wildman–Crippen LogP) is 3.07. The number of H-pyrrole nitrogens is 1. The standard InChI is InChI=1S/C22H21N7OS/c1-3-16-17(9-23)21(29(2)12-15-11-26-13-27-15)28-22(18(16)10-24)31-19(20(25)30)14-7-5-4-6-8-14/h4-8,11,13,19H,3,12H2,1-2H3,(H2,25,30)(H,26,27). The average Bonchev–Trinajstić information content (AvgIpc) is 3.29. The number of carbonyl (C=O) groups excluding carboxylic acids is 1. The molecule has 0 bridgehead atoms. The van der Waals surface area contributed by atoms with Crippen molar-refractivity contribution in [1.82, 2.24) is 15.0 Å². The number of imidazole rings is 1.